The van der Waals surface area contributed by atoms with E-state index in [4.69, 9.17) is 13.8 Å². The van der Waals surface area contributed by atoms with Crippen LogP contribution in [0.2, 0.25) is 6.32 Å². The Hall–Kier alpha value is -2.99. The standard InChI is InChI=1S/C28H33B2NO9/c1-16(10-20-7-8-21(14-32)39-20)6-9-24-25-17(15-38-2)11-22-26(23(25)13-29(35)40-24)28(34)31(27(22)33)19-5-3-4-18(12-19)30(36)37/h3-5,7-8,10,12,22-24,26,32,35-37H,6,9,11,13-15H2,1-2H3/b16-10+/t22-,23+,24-,26-/m1/s1. The summed E-state index contributed by atoms with van der Waals surface area (Å²) in [5, 5.41) is 39.2. The van der Waals surface area contributed by atoms with E-state index in [2.05, 4.69) is 0 Å². The summed E-state index contributed by atoms with van der Waals surface area (Å²) in [6.07, 6.45) is 3.14. The molecule has 1 aromatic carbocycles. The first kappa shape index (κ1) is 28.5. The number of hydrogen-bond acceptors (Lipinski definition) is 9. The van der Waals surface area contributed by atoms with Gasteiger partial charge in [0.15, 0.2) is 0 Å². The summed E-state index contributed by atoms with van der Waals surface area (Å²) in [5.41, 5.74) is 3.32. The number of methoxy groups -OCH3 is 1. The molecule has 0 unspecified atom stereocenters. The maximum Gasteiger partial charge on any atom is 0.488 e. The molecule has 10 nitrogen and oxygen atoms in total. The highest BCUT2D eigenvalue weighted by atomic mass is 16.5. The van der Waals surface area contributed by atoms with E-state index in [-0.39, 0.29) is 42.5 Å². The molecule has 1 aliphatic carbocycles. The number of carbonyl (C=O) groups is 2. The highest BCUT2D eigenvalue weighted by Crippen LogP contribution is 2.51. The number of furan rings is 1. The molecule has 4 N–H and O–H groups in total. The largest absolute Gasteiger partial charge is 0.488 e. The molecule has 210 valence electrons. The third-order valence-electron chi connectivity index (χ3n) is 8.08. The molecular weight excluding hydrogens is 516 g/mol. The topological polar surface area (TPSA) is 150 Å². The van der Waals surface area contributed by atoms with Crippen molar-refractivity contribution in [1.29, 1.82) is 0 Å². The van der Waals surface area contributed by atoms with Gasteiger partial charge >= 0.3 is 14.2 Å². The molecule has 0 spiro atoms. The molecule has 3 heterocycles. The molecule has 2 saturated heterocycles. The van der Waals surface area contributed by atoms with Crippen LogP contribution in [0.15, 0.2) is 57.5 Å². The van der Waals surface area contributed by atoms with Gasteiger partial charge in [0.05, 0.1) is 30.2 Å². The van der Waals surface area contributed by atoms with E-state index < -0.39 is 38.1 Å². The van der Waals surface area contributed by atoms with Crippen LogP contribution in [0.25, 0.3) is 6.08 Å². The summed E-state index contributed by atoms with van der Waals surface area (Å²) >= 11 is 0. The van der Waals surface area contributed by atoms with Gasteiger partial charge in [-0.2, -0.15) is 0 Å². The van der Waals surface area contributed by atoms with Gasteiger partial charge in [-0.05, 0) is 85.4 Å². The first-order valence-electron chi connectivity index (χ1n) is 13.5. The van der Waals surface area contributed by atoms with Crippen LogP contribution in [0.3, 0.4) is 0 Å². The van der Waals surface area contributed by atoms with Crippen molar-refractivity contribution >= 4 is 43.3 Å². The lowest BCUT2D eigenvalue weighted by Gasteiger charge is -2.43. The van der Waals surface area contributed by atoms with E-state index in [1.165, 1.54) is 12.1 Å². The number of hydrogen-bond donors (Lipinski definition) is 4. The van der Waals surface area contributed by atoms with Gasteiger partial charge in [0.25, 0.3) is 0 Å². The van der Waals surface area contributed by atoms with Gasteiger partial charge < -0.3 is 34.0 Å². The minimum atomic E-state index is -1.73. The van der Waals surface area contributed by atoms with Crippen LogP contribution in [-0.2, 0) is 25.6 Å². The molecule has 0 radical (unpaired) electrons. The van der Waals surface area contributed by atoms with E-state index in [0.29, 0.717) is 30.8 Å². The normalized spacial score (nSPS) is 25.0. The molecule has 3 aliphatic rings. The minimum Gasteiger partial charge on any atom is -0.459 e. The van der Waals surface area contributed by atoms with Gasteiger partial charge in [-0.15, -0.1) is 0 Å². The molecule has 2 aromatic rings. The second kappa shape index (κ2) is 11.9. The van der Waals surface area contributed by atoms with Gasteiger partial charge in [-0.3, -0.25) is 14.5 Å². The lowest BCUT2D eigenvalue weighted by molar-refractivity contribution is -0.122. The van der Waals surface area contributed by atoms with Crippen LogP contribution >= 0.6 is 0 Å². The molecule has 2 fully saturated rings. The average molecular weight is 549 g/mol. The number of aliphatic hydroxyl groups is 1. The predicted molar refractivity (Wildman–Crippen MR) is 148 cm³/mol. The van der Waals surface area contributed by atoms with Crippen LogP contribution in [0, 0.1) is 17.8 Å². The number of ether oxygens (including phenoxy) is 1. The lowest BCUT2D eigenvalue weighted by Crippen LogP contribution is -2.46. The summed E-state index contributed by atoms with van der Waals surface area (Å²) in [7, 11) is -1.24. The zero-order valence-corrected chi connectivity index (χ0v) is 22.5. The molecule has 1 aromatic heterocycles. The van der Waals surface area contributed by atoms with Crippen LogP contribution in [0.5, 0.6) is 0 Å². The molecule has 2 aliphatic heterocycles. The zero-order valence-electron chi connectivity index (χ0n) is 22.5. The number of amides is 2. The first-order valence-corrected chi connectivity index (χ1v) is 13.5. The summed E-state index contributed by atoms with van der Waals surface area (Å²) in [4.78, 5) is 28.6. The van der Waals surface area contributed by atoms with Gasteiger partial charge in [0.1, 0.15) is 18.1 Å². The smallest absolute Gasteiger partial charge is 0.459 e. The molecule has 40 heavy (non-hydrogen) atoms. The maximum absolute atomic E-state index is 13.8. The van der Waals surface area contributed by atoms with Crippen molar-refractivity contribution in [2.75, 3.05) is 18.6 Å². The average Bonchev–Trinajstić information content (AvgIpc) is 3.48. The molecule has 2 amide bonds. The molecular formula is C28H33B2NO9. The molecule has 12 heteroatoms. The number of allylic oxidation sites excluding steroid dienone is 1. The number of fused-ring (bicyclic) bond motifs is 3. The number of aliphatic hydroxyl groups excluding tert-OH is 1. The first-order chi connectivity index (χ1) is 19.2. The van der Waals surface area contributed by atoms with Crippen molar-refractivity contribution in [2.24, 2.45) is 17.8 Å². The second-order valence-electron chi connectivity index (χ2n) is 10.7. The van der Waals surface area contributed by atoms with E-state index in [0.717, 1.165) is 21.6 Å². The number of nitrogens with zero attached hydrogens (tertiary/aromatic N) is 1. The third kappa shape index (κ3) is 5.47. The Balaban J connectivity index is 1.42. The molecule has 0 saturated carbocycles. The van der Waals surface area contributed by atoms with Gasteiger partial charge in [-0.1, -0.05) is 17.7 Å². The number of imide groups is 1. The van der Waals surface area contributed by atoms with Crippen LogP contribution in [0.1, 0.15) is 37.7 Å². The quantitative estimate of drug-likeness (QED) is 0.206. The SMILES string of the molecule is COCC1=C2[C@@H](CC/C(C)=C/c3ccc(CO)o3)OB(O)C[C@@H]2[C@@H]2C(=O)N(c3cccc(B(O)O)c3)C(=O)[C@@H]2C1. The zero-order chi connectivity index (χ0) is 28.6. The number of rotatable bonds is 9. The Morgan fingerprint density at radius 1 is 1.20 bits per heavy atom. The Morgan fingerprint density at radius 3 is 2.70 bits per heavy atom. The van der Waals surface area contributed by atoms with E-state index in [1.807, 2.05) is 13.0 Å². The van der Waals surface area contributed by atoms with Crippen molar-refractivity contribution in [3.05, 3.63) is 64.6 Å². The third-order valence-corrected chi connectivity index (χ3v) is 8.08. The monoisotopic (exact) mass is 549 g/mol. The van der Waals surface area contributed by atoms with Crippen LogP contribution in [0.4, 0.5) is 5.69 Å². The fraction of sp³-hybridized carbons (Fsp3) is 0.429. The molecule has 5 rings (SSSR count). The van der Waals surface area contributed by atoms with Crippen LogP contribution in [-0.4, -0.2) is 66.1 Å². The molecule has 4 atom stereocenters. The summed E-state index contributed by atoms with van der Waals surface area (Å²) in [5.74, 6) is -1.26. The number of benzene rings is 1. The second-order valence-corrected chi connectivity index (χ2v) is 10.7. The predicted octanol–water partition coefficient (Wildman–Crippen LogP) is 1.28. The Kier molecular flexibility index (Phi) is 8.46. The van der Waals surface area contributed by atoms with Crippen LogP contribution < -0.4 is 10.4 Å². The lowest BCUT2D eigenvalue weighted by atomic mass is 9.58. The highest BCUT2D eigenvalue weighted by molar-refractivity contribution is 6.58. The van der Waals surface area contributed by atoms with E-state index in [1.54, 1.807) is 31.4 Å². The van der Waals surface area contributed by atoms with Crippen molar-refractivity contribution in [2.45, 2.75) is 45.2 Å². The summed E-state index contributed by atoms with van der Waals surface area (Å²) in [6, 6.07) is 9.62. The van der Waals surface area contributed by atoms with Crippen molar-refractivity contribution in [3.63, 3.8) is 0 Å². The van der Waals surface area contributed by atoms with Crippen molar-refractivity contribution in [3.8, 4) is 0 Å². The fourth-order valence-electron chi connectivity index (χ4n) is 6.38. The minimum absolute atomic E-state index is 0.172. The van der Waals surface area contributed by atoms with E-state index >= 15 is 0 Å². The van der Waals surface area contributed by atoms with Gasteiger partial charge in [0, 0.05) is 7.11 Å². The van der Waals surface area contributed by atoms with Gasteiger partial charge in [-0.25, -0.2) is 0 Å². The Labute approximate surface area is 233 Å². The fourth-order valence-corrected chi connectivity index (χ4v) is 6.38. The van der Waals surface area contributed by atoms with E-state index in [9.17, 15) is 29.8 Å². The number of anilines is 1. The molecule has 0 bridgehead atoms. The van der Waals surface area contributed by atoms with Crippen molar-refractivity contribution in [1.82, 2.24) is 0 Å². The summed E-state index contributed by atoms with van der Waals surface area (Å²) < 4.78 is 17.1. The maximum atomic E-state index is 13.8. The van der Waals surface area contributed by atoms with Crippen molar-refractivity contribution < 1.29 is 43.6 Å². The highest BCUT2D eigenvalue weighted by Gasteiger charge is 2.57. The number of carbonyl (C=O) groups excluding carboxylic acids is 2. The Morgan fingerprint density at radius 2 is 2.00 bits per heavy atom. The van der Waals surface area contributed by atoms with Gasteiger partial charge in [0.2, 0.25) is 11.8 Å². The Bertz CT molecular complexity index is 1340. The summed E-state index contributed by atoms with van der Waals surface area (Å²) in [6.45, 7) is 2.08.